The maximum absolute atomic E-state index is 12.7. The number of halogens is 2. The number of hydrogen-bond donors (Lipinski definition) is 0. The fourth-order valence-electron chi connectivity index (χ4n) is 1.05. The number of carbonyl (C=O) groups is 1. The first-order valence-electron chi connectivity index (χ1n) is 4.76. The van der Waals surface area contributed by atoms with Gasteiger partial charge >= 0.3 is 5.97 Å². The summed E-state index contributed by atoms with van der Waals surface area (Å²) in [4.78, 5) is 11.1. The Morgan fingerprint density at radius 3 is 2.31 bits per heavy atom. The number of ether oxygens (including phenoxy) is 2. The highest BCUT2D eigenvalue weighted by atomic mass is 19.1. The van der Waals surface area contributed by atoms with E-state index in [9.17, 15) is 13.6 Å². The van der Waals surface area contributed by atoms with Crippen LogP contribution in [0.1, 0.15) is 13.8 Å². The summed E-state index contributed by atoms with van der Waals surface area (Å²) in [6.07, 6.45) is -0.250. The molecule has 0 saturated heterocycles. The minimum atomic E-state index is -0.757. The van der Waals surface area contributed by atoms with Crippen LogP contribution >= 0.6 is 0 Å². The molecule has 1 aromatic rings. The molecule has 0 fully saturated rings. The van der Waals surface area contributed by atoms with Gasteiger partial charge in [0.25, 0.3) is 0 Å². The molecule has 16 heavy (non-hydrogen) atoms. The van der Waals surface area contributed by atoms with Gasteiger partial charge in [-0.25, -0.2) is 13.6 Å². The zero-order valence-corrected chi connectivity index (χ0v) is 9.00. The molecule has 0 amide bonds. The normalized spacial score (nSPS) is 10.3. The Labute approximate surface area is 92.0 Å². The van der Waals surface area contributed by atoms with Gasteiger partial charge < -0.3 is 9.47 Å². The molecule has 0 aliphatic heterocycles. The van der Waals surface area contributed by atoms with Crippen LogP contribution in [0.15, 0.2) is 18.2 Å². The van der Waals surface area contributed by atoms with Crippen molar-refractivity contribution < 1.29 is 23.0 Å². The van der Waals surface area contributed by atoms with Crippen LogP contribution in [0.25, 0.3) is 0 Å². The second-order valence-corrected chi connectivity index (χ2v) is 3.43. The summed E-state index contributed by atoms with van der Waals surface area (Å²) in [5, 5.41) is 0. The Balaban J connectivity index is 2.51. The summed E-state index contributed by atoms with van der Waals surface area (Å²) in [7, 11) is 0. The molecule has 0 aliphatic carbocycles. The molecular weight excluding hydrogens is 218 g/mol. The molecule has 0 aliphatic rings. The van der Waals surface area contributed by atoms with Crippen molar-refractivity contribution in [3.63, 3.8) is 0 Å². The lowest BCUT2D eigenvalue weighted by molar-refractivity contribution is -0.149. The second-order valence-electron chi connectivity index (χ2n) is 3.43. The Morgan fingerprint density at radius 2 is 1.81 bits per heavy atom. The summed E-state index contributed by atoms with van der Waals surface area (Å²) in [6, 6.07) is 2.71. The van der Waals surface area contributed by atoms with Crippen LogP contribution in [0.2, 0.25) is 0 Å². The van der Waals surface area contributed by atoms with Gasteiger partial charge in [0.05, 0.1) is 6.10 Å². The zero-order chi connectivity index (χ0) is 12.1. The number of hydrogen-bond acceptors (Lipinski definition) is 3. The summed E-state index contributed by atoms with van der Waals surface area (Å²) in [6.45, 7) is 3.01. The van der Waals surface area contributed by atoms with Crippen molar-refractivity contribution >= 4 is 5.97 Å². The van der Waals surface area contributed by atoms with Gasteiger partial charge in [0.2, 0.25) is 0 Å². The van der Waals surface area contributed by atoms with Crippen LogP contribution in [0, 0.1) is 11.6 Å². The number of benzene rings is 1. The highest BCUT2D eigenvalue weighted by Gasteiger charge is 2.07. The average Bonchev–Trinajstić information content (AvgIpc) is 2.12. The maximum Gasteiger partial charge on any atom is 0.344 e. The zero-order valence-electron chi connectivity index (χ0n) is 9.00. The molecule has 0 atom stereocenters. The van der Waals surface area contributed by atoms with Crippen LogP contribution in [0.3, 0.4) is 0 Å². The molecule has 88 valence electrons. The fraction of sp³-hybridized carbons (Fsp3) is 0.364. The Bertz CT molecular complexity index is 357. The molecule has 1 aromatic carbocycles. The number of carbonyl (C=O) groups excluding carboxylic acids is 1. The third kappa shape index (κ3) is 4.25. The van der Waals surface area contributed by atoms with Gasteiger partial charge in [0.1, 0.15) is 17.4 Å². The lowest BCUT2D eigenvalue weighted by Crippen LogP contribution is -2.18. The molecule has 0 saturated carbocycles. The third-order valence-corrected chi connectivity index (χ3v) is 1.56. The molecule has 0 N–H and O–H groups in total. The van der Waals surface area contributed by atoms with Gasteiger partial charge in [-0.2, -0.15) is 0 Å². The SMILES string of the molecule is CC(C)OC(=O)COc1cc(F)cc(F)c1. The molecule has 1 rings (SSSR count). The van der Waals surface area contributed by atoms with E-state index in [1.165, 1.54) is 0 Å². The first kappa shape index (κ1) is 12.4. The van der Waals surface area contributed by atoms with Crippen molar-refractivity contribution in [2.45, 2.75) is 20.0 Å². The summed E-state index contributed by atoms with van der Waals surface area (Å²) >= 11 is 0. The van der Waals surface area contributed by atoms with Gasteiger partial charge in [-0.05, 0) is 13.8 Å². The van der Waals surface area contributed by atoms with E-state index in [0.717, 1.165) is 18.2 Å². The van der Waals surface area contributed by atoms with Crippen molar-refractivity contribution in [2.75, 3.05) is 6.61 Å². The van der Waals surface area contributed by atoms with Gasteiger partial charge in [0.15, 0.2) is 6.61 Å². The standard InChI is InChI=1S/C11H12F2O3/c1-7(2)16-11(14)6-15-10-4-8(12)3-9(13)5-10/h3-5,7H,6H2,1-2H3. The average molecular weight is 230 g/mol. The Morgan fingerprint density at radius 1 is 1.25 bits per heavy atom. The summed E-state index contributed by atoms with van der Waals surface area (Å²) in [5.41, 5.74) is 0. The first-order valence-corrected chi connectivity index (χ1v) is 4.76. The second kappa shape index (κ2) is 5.44. The van der Waals surface area contributed by atoms with Crippen molar-refractivity contribution in [2.24, 2.45) is 0 Å². The smallest absolute Gasteiger partial charge is 0.344 e. The van der Waals surface area contributed by atoms with E-state index in [1.54, 1.807) is 13.8 Å². The highest BCUT2D eigenvalue weighted by Crippen LogP contribution is 2.15. The molecule has 0 bridgehead atoms. The van der Waals surface area contributed by atoms with Crippen LogP contribution < -0.4 is 4.74 Å². The van der Waals surface area contributed by atoms with Gasteiger partial charge in [-0.3, -0.25) is 0 Å². The van der Waals surface area contributed by atoms with Crippen LogP contribution in [0.4, 0.5) is 8.78 Å². The fourth-order valence-corrected chi connectivity index (χ4v) is 1.05. The Kier molecular flexibility index (Phi) is 4.22. The van der Waals surface area contributed by atoms with E-state index in [1.807, 2.05) is 0 Å². The van der Waals surface area contributed by atoms with E-state index in [4.69, 9.17) is 9.47 Å². The molecular formula is C11H12F2O3. The van der Waals surface area contributed by atoms with E-state index in [2.05, 4.69) is 0 Å². The van der Waals surface area contributed by atoms with E-state index in [0.29, 0.717) is 0 Å². The van der Waals surface area contributed by atoms with Crippen molar-refractivity contribution in [3.8, 4) is 5.75 Å². The Hall–Kier alpha value is -1.65. The monoisotopic (exact) mass is 230 g/mol. The van der Waals surface area contributed by atoms with Crippen LogP contribution in [0.5, 0.6) is 5.75 Å². The topological polar surface area (TPSA) is 35.5 Å². The largest absolute Gasteiger partial charge is 0.482 e. The molecule has 0 radical (unpaired) electrons. The first-order chi connectivity index (χ1) is 7.47. The van der Waals surface area contributed by atoms with Gasteiger partial charge in [-0.1, -0.05) is 0 Å². The van der Waals surface area contributed by atoms with Gasteiger partial charge in [-0.15, -0.1) is 0 Å². The van der Waals surface area contributed by atoms with E-state index < -0.39 is 17.6 Å². The molecule has 3 nitrogen and oxygen atoms in total. The minimum absolute atomic E-state index is 0.0433. The predicted octanol–water partition coefficient (Wildman–Crippen LogP) is 2.30. The summed E-state index contributed by atoms with van der Waals surface area (Å²) < 4.78 is 35.1. The van der Waals surface area contributed by atoms with Gasteiger partial charge in [0, 0.05) is 18.2 Å². The quantitative estimate of drug-likeness (QED) is 0.744. The number of esters is 1. The van der Waals surface area contributed by atoms with Crippen LogP contribution in [-0.4, -0.2) is 18.7 Å². The number of rotatable bonds is 4. The third-order valence-electron chi connectivity index (χ3n) is 1.56. The maximum atomic E-state index is 12.7. The molecule has 5 heteroatoms. The highest BCUT2D eigenvalue weighted by molar-refractivity contribution is 5.71. The predicted molar refractivity (Wildman–Crippen MR) is 53.1 cm³/mol. The molecule has 0 aromatic heterocycles. The van der Waals surface area contributed by atoms with Crippen molar-refractivity contribution in [3.05, 3.63) is 29.8 Å². The molecule has 0 spiro atoms. The van der Waals surface area contributed by atoms with Crippen LogP contribution in [-0.2, 0) is 9.53 Å². The minimum Gasteiger partial charge on any atom is -0.482 e. The lowest BCUT2D eigenvalue weighted by atomic mass is 10.3. The van der Waals surface area contributed by atoms with Crippen molar-refractivity contribution in [1.82, 2.24) is 0 Å². The van der Waals surface area contributed by atoms with E-state index in [-0.39, 0.29) is 18.5 Å². The molecule has 0 heterocycles. The van der Waals surface area contributed by atoms with E-state index >= 15 is 0 Å². The van der Waals surface area contributed by atoms with Crippen molar-refractivity contribution in [1.29, 1.82) is 0 Å². The lowest BCUT2D eigenvalue weighted by Gasteiger charge is -2.09. The molecule has 0 unspecified atom stereocenters. The summed E-state index contributed by atoms with van der Waals surface area (Å²) in [5.74, 6) is -2.14.